The van der Waals surface area contributed by atoms with Gasteiger partial charge in [-0.1, -0.05) is 48.5 Å². The number of hydrogen-bond acceptors (Lipinski definition) is 4. The van der Waals surface area contributed by atoms with E-state index in [1.165, 1.54) is 0 Å². The lowest BCUT2D eigenvalue weighted by atomic mass is 10.2. The molecule has 0 N–H and O–H groups in total. The fourth-order valence-electron chi connectivity index (χ4n) is 2.58. The fraction of sp³-hybridized carbons (Fsp3) is 0.0500. The van der Waals surface area contributed by atoms with Gasteiger partial charge in [-0.15, -0.1) is 0 Å². The van der Waals surface area contributed by atoms with Crippen molar-refractivity contribution >= 4 is 17.9 Å². The highest BCUT2D eigenvalue weighted by molar-refractivity contribution is 6.12. The minimum atomic E-state index is -0.449. The third kappa shape index (κ3) is 3.40. The van der Waals surface area contributed by atoms with Crippen LogP contribution in [-0.4, -0.2) is 21.6 Å². The summed E-state index contributed by atoms with van der Waals surface area (Å²) < 4.78 is 7.07. The normalized spacial score (nSPS) is 15.3. The van der Waals surface area contributed by atoms with Gasteiger partial charge in [0, 0.05) is 17.3 Å². The van der Waals surface area contributed by atoms with Crippen molar-refractivity contribution in [2.75, 3.05) is 0 Å². The number of aromatic nitrogens is 2. The highest BCUT2D eigenvalue weighted by Gasteiger charge is 2.24. The first-order valence-corrected chi connectivity index (χ1v) is 7.92. The Morgan fingerprint density at radius 2 is 1.72 bits per heavy atom. The molecule has 2 aromatic carbocycles. The van der Waals surface area contributed by atoms with Gasteiger partial charge in [0.25, 0.3) is 0 Å². The minimum Gasteiger partial charge on any atom is -0.402 e. The van der Waals surface area contributed by atoms with E-state index >= 15 is 0 Å². The number of carbonyl (C=O) groups is 1. The van der Waals surface area contributed by atoms with E-state index in [2.05, 4.69) is 10.1 Å². The number of esters is 1. The predicted molar refractivity (Wildman–Crippen MR) is 94.8 cm³/mol. The molecule has 0 radical (unpaired) electrons. The van der Waals surface area contributed by atoms with Crippen molar-refractivity contribution in [3.8, 4) is 0 Å². The van der Waals surface area contributed by atoms with Crippen LogP contribution in [-0.2, 0) is 16.1 Å². The van der Waals surface area contributed by atoms with E-state index in [1.807, 2.05) is 71.5 Å². The molecule has 1 aromatic heterocycles. The lowest BCUT2D eigenvalue weighted by Crippen LogP contribution is -2.04. The average molecular weight is 329 g/mol. The van der Waals surface area contributed by atoms with Crippen molar-refractivity contribution in [2.45, 2.75) is 6.54 Å². The Bertz CT molecular complexity index is 957. The molecule has 0 amide bonds. The van der Waals surface area contributed by atoms with Crippen molar-refractivity contribution in [1.82, 2.24) is 9.78 Å². The van der Waals surface area contributed by atoms with Crippen molar-refractivity contribution in [2.24, 2.45) is 4.99 Å². The number of carbonyl (C=O) groups excluding carboxylic acids is 1. The highest BCUT2D eigenvalue weighted by atomic mass is 16.6. The SMILES string of the molecule is O=C1OC(c2ccccc2)=N/C1=C/c1cnn(Cc2ccccc2)c1. The van der Waals surface area contributed by atoms with E-state index in [1.54, 1.807) is 12.3 Å². The van der Waals surface area contributed by atoms with Gasteiger partial charge >= 0.3 is 5.97 Å². The first-order chi connectivity index (χ1) is 12.3. The smallest absolute Gasteiger partial charge is 0.363 e. The van der Waals surface area contributed by atoms with Crippen molar-refractivity contribution < 1.29 is 9.53 Å². The largest absolute Gasteiger partial charge is 0.402 e. The van der Waals surface area contributed by atoms with Crippen LogP contribution in [0.4, 0.5) is 0 Å². The molecule has 0 fully saturated rings. The maximum Gasteiger partial charge on any atom is 0.363 e. The molecule has 0 spiro atoms. The van der Waals surface area contributed by atoms with Crippen molar-refractivity contribution in [3.05, 3.63) is 95.4 Å². The number of benzene rings is 2. The van der Waals surface area contributed by atoms with Gasteiger partial charge in [0.2, 0.25) is 5.90 Å². The van der Waals surface area contributed by atoms with Gasteiger partial charge in [-0.2, -0.15) is 5.10 Å². The molecule has 1 aliphatic heterocycles. The summed E-state index contributed by atoms with van der Waals surface area (Å²) in [6, 6.07) is 19.4. The summed E-state index contributed by atoms with van der Waals surface area (Å²) in [7, 11) is 0. The van der Waals surface area contributed by atoms with Gasteiger partial charge in [-0.3, -0.25) is 4.68 Å². The van der Waals surface area contributed by atoms with E-state index in [0.717, 1.165) is 16.7 Å². The topological polar surface area (TPSA) is 56.5 Å². The van der Waals surface area contributed by atoms with Gasteiger partial charge in [-0.25, -0.2) is 9.79 Å². The van der Waals surface area contributed by atoms with Crippen LogP contribution in [0.15, 0.2) is 83.7 Å². The quantitative estimate of drug-likeness (QED) is 0.545. The first-order valence-electron chi connectivity index (χ1n) is 7.92. The zero-order chi connectivity index (χ0) is 17.1. The van der Waals surface area contributed by atoms with Crippen LogP contribution < -0.4 is 0 Å². The van der Waals surface area contributed by atoms with E-state index in [0.29, 0.717) is 12.4 Å². The molecular formula is C20H15N3O2. The Morgan fingerprint density at radius 3 is 2.48 bits per heavy atom. The molecule has 122 valence electrons. The van der Waals surface area contributed by atoms with Crippen LogP contribution in [0.5, 0.6) is 0 Å². The number of nitrogens with zero attached hydrogens (tertiary/aromatic N) is 3. The second-order valence-electron chi connectivity index (χ2n) is 5.66. The van der Waals surface area contributed by atoms with E-state index in [9.17, 15) is 4.79 Å². The number of cyclic esters (lactones) is 1. The van der Waals surface area contributed by atoms with Crippen LogP contribution in [0.3, 0.4) is 0 Å². The molecule has 0 atom stereocenters. The molecular weight excluding hydrogens is 314 g/mol. The third-order valence-corrected chi connectivity index (χ3v) is 3.79. The third-order valence-electron chi connectivity index (χ3n) is 3.79. The molecule has 0 saturated heterocycles. The number of hydrogen-bond donors (Lipinski definition) is 0. The summed E-state index contributed by atoms with van der Waals surface area (Å²) in [4.78, 5) is 16.3. The van der Waals surface area contributed by atoms with Gasteiger partial charge in [0.05, 0.1) is 12.7 Å². The Kier molecular flexibility index (Phi) is 3.96. The van der Waals surface area contributed by atoms with Gasteiger partial charge in [-0.05, 0) is 23.8 Å². The maximum absolute atomic E-state index is 12.0. The van der Waals surface area contributed by atoms with Gasteiger partial charge < -0.3 is 4.74 Å². The number of aliphatic imine (C=N–C) groups is 1. The second-order valence-corrected chi connectivity index (χ2v) is 5.66. The zero-order valence-corrected chi connectivity index (χ0v) is 13.4. The molecule has 1 aliphatic rings. The summed E-state index contributed by atoms with van der Waals surface area (Å²) >= 11 is 0. The lowest BCUT2D eigenvalue weighted by Gasteiger charge is -2.00. The van der Waals surface area contributed by atoms with Crippen LogP contribution >= 0.6 is 0 Å². The Labute approximate surface area is 144 Å². The first kappa shape index (κ1) is 15.1. The molecule has 3 aromatic rings. The molecule has 5 nitrogen and oxygen atoms in total. The molecule has 0 bridgehead atoms. The molecule has 4 rings (SSSR count). The summed E-state index contributed by atoms with van der Waals surface area (Å²) in [6.07, 6.45) is 5.27. The Balaban J connectivity index is 1.55. The summed E-state index contributed by atoms with van der Waals surface area (Å²) in [5, 5.41) is 4.33. The van der Waals surface area contributed by atoms with E-state index in [-0.39, 0.29) is 5.70 Å². The molecule has 25 heavy (non-hydrogen) atoms. The van der Waals surface area contributed by atoms with Crippen LogP contribution in [0, 0.1) is 0 Å². The molecule has 0 unspecified atom stereocenters. The zero-order valence-electron chi connectivity index (χ0n) is 13.4. The molecule has 0 saturated carbocycles. The standard InChI is InChI=1S/C20H15N3O2/c24-20-18(22-19(25-20)17-9-5-2-6-10-17)11-16-12-21-23(14-16)13-15-7-3-1-4-8-15/h1-12,14H,13H2/b18-11+. The van der Waals surface area contributed by atoms with Crippen molar-refractivity contribution in [1.29, 1.82) is 0 Å². The van der Waals surface area contributed by atoms with Crippen LogP contribution in [0.25, 0.3) is 6.08 Å². The fourth-order valence-corrected chi connectivity index (χ4v) is 2.58. The predicted octanol–water partition coefficient (Wildman–Crippen LogP) is 3.28. The van der Waals surface area contributed by atoms with E-state index < -0.39 is 5.97 Å². The lowest BCUT2D eigenvalue weighted by molar-refractivity contribution is -0.129. The highest BCUT2D eigenvalue weighted by Crippen LogP contribution is 2.19. The minimum absolute atomic E-state index is 0.276. The number of rotatable bonds is 4. The second kappa shape index (κ2) is 6.57. The van der Waals surface area contributed by atoms with Crippen molar-refractivity contribution in [3.63, 3.8) is 0 Å². The maximum atomic E-state index is 12.0. The van der Waals surface area contributed by atoms with Crippen LogP contribution in [0.1, 0.15) is 16.7 Å². The molecule has 2 heterocycles. The van der Waals surface area contributed by atoms with Gasteiger partial charge in [0.15, 0.2) is 5.70 Å². The molecule has 5 heteroatoms. The number of ether oxygens (including phenoxy) is 1. The Morgan fingerprint density at radius 1 is 1.00 bits per heavy atom. The van der Waals surface area contributed by atoms with Gasteiger partial charge in [0.1, 0.15) is 0 Å². The monoisotopic (exact) mass is 329 g/mol. The summed E-state index contributed by atoms with van der Waals surface area (Å²) in [6.45, 7) is 0.674. The Hall–Kier alpha value is -3.47. The summed E-state index contributed by atoms with van der Waals surface area (Å²) in [5.41, 5.74) is 3.02. The average Bonchev–Trinajstić information content (AvgIpc) is 3.24. The molecule has 0 aliphatic carbocycles. The summed E-state index contributed by atoms with van der Waals surface area (Å²) in [5.74, 6) is -0.122. The van der Waals surface area contributed by atoms with E-state index in [4.69, 9.17) is 4.74 Å². The van der Waals surface area contributed by atoms with Crippen LogP contribution in [0.2, 0.25) is 0 Å².